The third kappa shape index (κ3) is 3.39. The number of amides is 2. The molecule has 1 saturated heterocycles. The van der Waals surface area contributed by atoms with Crippen LogP contribution < -0.4 is 0 Å². The predicted octanol–water partition coefficient (Wildman–Crippen LogP) is -1.91. The van der Waals surface area contributed by atoms with E-state index in [0.29, 0.717) is 12.0 Å². The minimum absolute atomic E-state index is 0.0684. The Labute approximate surface area is 129 Å². The summed E-state index contributed by atoms with van der Waals surface area (Å²) in [7, 11) is -0.197. The van der Waals surface area contributed by atoms with Crippen molar-refractivity contribution < 1.29 is 34.2 Å². The van der Waals surface area contributed by atoms with Crippen LogP contribution in [0, 0.1) is 5.92 Å². The molecular formula is C13H20BNO7. The van der Waals surface area contributed by atoms with Crippen molar-refractivity contribution in [3.8, 4) is 0 Å². The molecule has 3 N–H and O–H groups in total. The number of aliphatic hydroxyl groups is 1. The summed E-state index contributed by atoms with van der Waals surface area (Å²) in [6, 6.07) is 0. The third-order valence-corrected chi connectivity index (χ3v) is 3.94. The largest absolute Gasteiger partial charge is 0.479 e. The van der Waals surface area contributed by atoms with E-state index in [0.717, 1.165) is 4.90 Å². The molecule has 2 amide bonds. The lowest BCUT2D eigenvalue weighted by molar-refractivity contribution is -0.147. The van der Waals surface area contributed by atoms with Gasteiger partial charge in [0.2, 0.25) is 7.34 Å². The second kappa shape index (κ2) is 6.88. The Morgan fingerprint density at radius 3 is 2.91 bits per heavy atom. The number of carbonyl (C=O) groups is 2. The van der Waals surface area contributed by atoms with Crippen LogP contribution in [-0.4, -0.2) is 78.9 Å². The van der Waals surface area contributed by atoms with Gasteiger partial charge in [0.1, 0.15) is 6.10 Å². The fourth-order valence-electron chi connectivity index (χ4n) is 2.78. The highest BCUT2D eigenvalue weighted by Crippen LogP contribution is 2.32. The molecule has 0 aliphatic carbocycles. The quantitative estimate of drug-likeness (QED) is 0.387. The van der Waals surface area contributed by atoms with E-state index in [1.807, 2.05) is 0 Å². The monoisotopic (exact) mass is 314 g/mol. The molecule has 4 atom stereocenters. The normalized spacial score (nSPS) is 33.0. The van der Waals surface area contributed by atoms with E-state index in [1.165, 1.54) is 7.05 Å². The molecule has 4 unspecified atom stereocenters. The summed E-state index contributed by atoms with van der Waals surface area (Å²) in [4.78, 5) is 25.1. The van der Waals surface area contributed by atoms with E-state index in [4.69, 9.17) is 21.0 Å². The van der Waals surface area contributed by atoms with Crippen molar-refractivity contribution in [3.05, 3.63) is 11.6 Å². The van der Waals surface area contributed by atoms with Crippen molar-refractivity contribution in [1.29, 1.82) is 1.43 Å². The molecule has 0 bridgehead atoms. The van der Waals surface area contributed by atoms with Gasteiger partial charge in [0.15, 0.2) is 0 Å². The molecule has 0 aromatic carbocycles. The molecule has 9 heteroatoms. The van der Waals surface area contributed by atoms with E-state index in [9.17, 15) is 9.59 Å². The van der Waals surface area contributed by atoms with Crippen LogP contribution in [0.5, 0.6) is 0 Å². The molecule has 0 radical (unpaired) electrons. The zero-order valence-corrected chi connectivity index (χ0v) is 12.5. The summed E-state index contributed by atoms with van der Waals surface area (Å²) in [5, 5.41) is 22.1. The second-order valence-electron chi connectivity index (χ2n) is 5.55. The molecule has 22 heavy (non-hydrogen) atoms. The lowest BCUT2D eigenvalue weighted by atomic mass is 9.91. The fourth-order valence-corrected chi connectivity index (χ4v) is 2.78. The SMILES string of the molecule is [2H]OCC1OC(C2C=C(C)C(=O)N(C)C2=O)CC1OCB(O)O. The van der Waals surface area contributed by atoms with Crippen LogP contribution in [0.25, 0.3) is 0 Å². The van der Waals surface area contributed by atoms with Gasteiger partial charge in [0, 0.05) is 19.0 Å². The van der Waals surface area contributed by atoms with Crippen molar-refractivity contribution in [3.63, 3.8) is 0 Å². The Balaban J connectivity index is 2.11. The molecule has 0 saturated carbocycles. The number of likely N-dealkylation sites (N-methyl/N-ethyl adjacent to an activating group) is 1. The van der Waals surface area contributed by atoms with Crippen LogP contribution in [0.1, 0.15) is 13.3 Å². The van der Waals surface area contributed by atoms with Crippen LogP contribution in [0.2, 0.25) is 0 Å². The Hall–Kier alpha value is -1.26. The first-order valence-corrected chi connectivity index (χ1v) is 7.06. The maximum atomic E-state index is 12.3. The smallest absolute Gasteiger partial charge is 0.426 e. The highest BCUT2D eigenvalue weighted by Gasteiger charge is 2.44. The number of nitrogens with zero attached hydrogens (tertiary/aromatic N) is 1. The lowest BCUT2D eigenvalue weighted by Gasteiger charge is -2.29. The van der Waals surface area contributed by atoms with Crippen LogP contribution >= 0.6 is 0 Å². The Kier molecular flexibility index (Phi) is 4.89. The van der Waals surface area contributed by atoms with Crippen molar-refractivity contribution in [1.82, 2.24) is 4.90 Å². The minimum Gasteiger partial charge on any atom is -0.426 e. The fraction of sp³-hybridized carbons (Fsp3) is 0.692. The molecule has 2 aliphatic heterocycles. The number of hydrogen-bond donors (Lipinski definition) is 3. The average molecular weight is 314 g/mol. The van der Waals surface area contributed by atoms with Gasteiger partial charge in [-0.05, 0) is 6.92 Å². The Morgan fingerprint density at radius 2 is 2.27 bits per heavy atom. The summed E-state index contributed by atoms with van der Waals surface area (Å²) in [6.07, 6.45) is 0.242. The number of ether oxygens (including phenoxy) is 2. The van der Waals surface area contributed by atoms with Gasteiger partial charge in [-0.3, -0.25) is 14.5 Å². The lowest BCUT2D eigenvalue weighted by Crippen LogP contribution is -2.45. The summed E-state index contributed by atoms with van der Waals surface area (Å²) in [6.45, 7) is 1.26. The van der Waals surface area contributed by atoms with Crippen LogP contribution in [0.3, 0.4) is 0 Å². The van der Waals surface area contributed by atoms with Gasteiger partial charge < -0.3 is 24.6 Å². The maximum Gasteiger partial charge on any atom is 0.479 e. The van der Waals surface area contributed by atoms with Gasteiger partial charge in [-0.15, -0.1) is 0 Å². The summed E-state index contributed by atoms with van der Waals surface area (Å²) < 4.78 is 18.0. The highest BCUT2D eigenvalue weighted by molar-refractivity contribution is 6.40. The number of aliphatic hydroxyl groups excluding tert-OH is 1. The van der Waals surface area contributed by atoms with E-state index in [2.05, 4.69) is 5.11 Å². The molecule has 2 rings (SSSR count). The standard InChI is InChI=1S/C13H20BNO7/c1-7-3-8(13(18)15(2)12(7)17)9-4-10(11(5-16)22-9)21-6-14(19)20/h3,8-11,16,19-20H,4-6H2,1-2H3/i16D. The number of hydrogen-bond acceptors (Lipinski definition) is 7. The van der Waals surface area contributed by atoms with Gasteiger partial charge in [-0.1, -0.05) is 6.08 Å². The third-order valence-electron chi connectivity index (χ3n) is 3.94. The van der Waals surface area contributed by atoms with E-state index in [-0.39, 0.29) is 24.9 Å². The first kappa shape index (κ1) is 15.6. The number of carbonyl (C=O) groups excluding carboxylic acids is 2. The average Bonchev–Trinajstić information content (AvgIpc) is 2.90. The van der Waals surface area contributed by atoms with Crippen molar-refractivity contribution in [2.75, 3.05) is 20.2 Å². The van der Waals surface area contributed by atoms with E-state index < -0.39 is 31.3 Å². The zero-order chi connectivity index (χ0) is 17.1. The topological polar surface area (TPSA) is 117 Å². The number of rotatable bonds is 6. The molecule has 1 fully saturated rings. The van der Waals surface area contributed by atoms with Crippen molar-refractivity contribution >= 4 is 18.9 Å². The highest BCUT2D eigenvalue weighted by atomic mass is 16.6. The van der Waals surface area contributed by atoms with Crippen LogP contribution in [0.4, 0.5) is 0 Å². The van der Waals surface area contributed by atoms with Crippen LogP contribution in [0.15, 0.2) is 11.6 Å². The molecule has 0 aromatic rings. The van der Waals surface area contributed by atoms with Gasteiger partial charge in [-0.25, -0.2) is 0 Å². The Morgan fingerprint density at radius 1 is 1.55 bits per heavy atom. The Bertz CT molecular complexity index is 501. The molecule has 2 aliphatic rings. The molecule has 2 heterocycles. The van der Waals surface area contributed by atoms with Gasteiger partial charge in [0.25, 0.3) is 5.91 Å². The molecule has 0 spiro atoms. The minimum atomic E-state index is -1.62. The summed E-state index contributed by atoms with van der Waals surface area (Å²) in [5.41, 5.74) is 0.462. The first-order valence-electron chi connectivity index (χ1n) is 7.47. The van der Waals surface area contributed by atoms with Crippen molar-refractivity contribution in [2.45, 2.75) is 31.7 Å². The van der Waals surface area contributed by atoms with E-state index in [1.54, 1.807) is 13.0 Å². The van der Waals surface area contributed by atoms with Crippen LogP contribution in [-0.2, 0) is 19.1 Å². The molecule has 0 aromatic heterocycles. The zero-order valence-electron chi connectivity index (χ0n) is 13.5. The second-order valence-corrected chi connectivity index (χ2v) is 5.55. The molecular weight excluding hydrogens is 293 g/mol. The van der Waals surface area contributed by atoms with Gasteiger partial charge >= 0.3 is 7.12 Å². The summed E-state index contributed by atoms with van der Waals surface area (Å²) >= 11 is 0. The summed E-state index contributed by atoms with van der Waals surface area (Å²) in [5.74, 6) is -1.33. The molecule has 122 valence electrons. The molecule has 8 nitrogen and oxygen atoms in total. The first-order chi connectivity index (χ1) is 10.8. The predicted molar refractivity (Wildman–Crippen MR) is 75.3 cm³/mol. The number of imide groups is 1. The maximum absolute atomic E-state index is 12.3. The van der Waals surface area contributed by atoms with Gasteiger partial charge in [-0.2, -0.15) is 0 Å². The van der Waals surface area contributed by atoms with Gasteiger partial charge in [0.05, 0.1) is 31.2 Å². The van der Waals surface area contributed by atoms with Crippen molar-refractivity contribution in [2.24, 2.45) is 5.92 Å². The van der Waals surface area contributed by atoms with E-state index >= 15 is 0 Å².